The SMILES string of the molecule is CCc1ccc(OC(C)C(=O)N2CCN(CCCC(=O)O)CC2)cc1. The van der Waals surface area contributed by atoms with Crippen LogP contribution in [0.1, 0.15) is 32.3 Å². The summed E-state index contributed by atoms with van der Waals surface area (Å²) in [5.41, 5.74) is 1.24. The van der Waals surface area contributed by atoms with Gasteiger partial charge in [-0.3, -0.25) is 14.5 Å². The van der Waals surface area contributed by atoms with E-state index in [0.29, 0.717) is 25.3 Å². The molecule has 1 unspecified atom stereocenters. The Kier molecular flexibility index (Phi) is 7.25. The molecule has 1 amide bonds. The largest absolute Gasteiger partial charge is 0.481 e. The highest BCUT2D eigenvalue weighted by atomic mass is 16.5. The molecule has 0 spiro atoms. The number of nitrogens with zero attached hydrogens (tertiary/aromatic N) is 2. The Morgan fingerprint density at radius 1 is 1.16 bits per heavy atom. The van der Waals surface area contributed by atoms with Gasteiger partial charge in [-0.1, -0.05) is 19.1 Å². The van der Waals surface area contributed by atoms with E-state index in [0.717, 1.165) is 26.1 Å². The lowest BCUT2D eigenvalue weighted by atomic mass is 10.2. The highest BCUT2D eigenvalue weighted by Gasteiger charge is 2.25. The zero-order valence-corrected chi connectivity index (χ0v) is 15.1. The first-order valence-electron chi connectivity index (χ1n) is 8.98. The zero-order chi connectivity index (χ0) is 18.2. The van der Waals surface area contributed by atoms with E-state index in [-0.39, 0.29) is 12.3 Å². The van der Waals surface area contributed by atoms with Crippen molar-refractivity contribution in [3.8, 4) is 5.75 Å². The third kappa shape index (κ3) is 6.05. The summed E-state index contributed by atoms with van der Waals surface area (Å²) in [5.74, 6) is -0.0399. The molecule has 0 radical (unpaired) electrons. The maximum absolute atomic E-state index is 12.5. The summed E-state index contributed by atoms with van der Waals surface area (Å²) in [7, 11) is 0. The molecule has 0 aliphatic carbocycles. The number of ether oxygens (including phenoxy) is 1. The van der Waals surface area contributed by atoms with Crippen molar-refractivity contribution in [2.24, 2.45) is 0 Å². The van der Waals surface area contributed by atoms with E-state index < -0.39 is 12.1 Å². The molecular weight excluding hydrogens is 320 g/mol. The predicted molar refractivity (Wildman–Crippen MR) is 95.8 cm³/mol. The Balaban J connectivity index is 1.75. The summed E-state index contributed by atoms with van der Waals surface area (Å²) in [6.45, 7) is 7.54. The van der Waals surface area contributed by atoms with Gasteiger partial charge in [-0.2, -0.15) is 0 Å². The van der Waals surface area contributed by atoms with Crippen molar-refractivity contribution < 1.29 is 19.4 Å². The Morgan fingerprint density at radius 2 is 1.80 bits per heavy atom. The number of hydrogen-bond donors (Lipinski definition) is 1. The highest BCUT2D eigenvalue weighted by molar-refractivity contribution is 5.81. The number of benzene rings is 1. The molecule has 0 saturated carbocycles. The molecule has 138 valence electrons. The molecule has 1 aliphatic heterocycles. The lowest BCUT2D eigenvalue weighted by Gasteiger charge is -2.35. The average Bonchev–Trinajstić information content (AvgIpc) is 2.62. The second-order valence-corrected chi connectivity index (χ2v) is 6.42. The first kappa shape index (κ1) is 19.2. The van der Waals surface area contributed by atoms with Gasteiger partial charge in [-0.05, 0) is 44.0 Å². The van der Waals surface area contributed by atoms with E-state index in [1.54, 1.807) is 6.92 Å². The smallest absolute Gasteiger partial charge is 0.303 e. The van der Waals surface area contributed by atoms with Crippen molar-refractivity contribution in [3.05, 3.63) is 29.8 Å². The predicted octanol–water partition coefficient (Wildman–Crippen LogP) is 2.03. The van der Waals surface area contributed by atoms with Crippen LogP contribution in [-0.2, 0) is 16.0 Å². The molecule has 2 rings (SSSR count). The van der Waals surface area contributed by atoms with Crippen LogP contribution in [0.15, 0.2) is 24.3 Å². The summed E-state index contributed by atoms with van der Waals surface area (Å²) < 4.78 is 5.78. The van der Waals surface area contributed by atoms with Gasteiger partial charge in [-0.25, -0.2) is 0 Å². The van der Waals surface area contributed by atoms with Crippen molar-refractivity contribution in [3.63, 3.8) is 0 Å². The summed E-state index contributed by atoms with van der Waals surface area (Å²) in [6.07, 6.45) is 1.31. The molecule has 1 N–H and O–H groups in total. The van der Waals surface area contributed by atoms with Crippen LogP contribution in [0.4, 0.5) is 0 Å². The van der Waals surface area contributed by atoms with E-state index in [4.69, 9.17) is 9.84 Å². The summed E-state index contributed by atoms with van der Waals surface area (Å²) in [6, 6.07) is 7.84. The Bertz CT molecular complexity index is 565. The van der Waals surface area contributed by atoms with Gasteiger partial charge in [0.15, 0.2) is 6.10 Å². The summed E-state index contributed by atoms with van der Waals surface area (Å²) >= 11 is 0. The van der Waals surface area contributed by atoms with Crippen LogP contribution in [0.25, 0.3) is 0 Å². The molecule has 1 saturated heterocycles. The van der Waals surface area contributed by atoms with Gasteiger partial charge >= 0.3 is 5.97 Å². The van der Waals surface area contributed by atoms with E-state index in [9.17, 15) is 9.59 Å². The van der Waals surface area contributed by atoms with Gasteiger partial charge in [-0.15, -0.1) is 0 Å². The third-order valence-corrected chi connectivity index (χ3v) is 4.54. The van der Waals surface area contributed by atoms with Gasteiger partial charge < -0.3 is 14.7 Å². The fourth-order valence-corrected chi connectivity index (χ4v) is 2.96. The number of rotatable bonds is 8. The van der Waals surface area contributed by atoms with Gasteiger partial charge in [0.1, 0.15) is 5.75 Å². The standard InChI is InChI=1S/C19H28N2O4/c1-3-16-6-8-17(9-7-16)25-15(2)19(24)21-13-11-20(12-14-21)10-4-5-18(22)23/h6-9,15H,3-5,10-14H2,1-2H3,(H,22,23). The van der Waals surface area contributed by atoms with Gasteiger partial charge in [0, 0.05) is 32.6 Å². The van der Waals surface area contributed by atoms with Crippen LogP contribution in [0, 0.1) is 0 Å². The fraction of sp³-hybridized carbons (Fsp3) is 0.579. The second kappa shape index (κ2) is 9.42. The normalized spacial score (nSPS) is 16.5. The van der Waals surface area contributed by atoms with Crippen molar-refractivity contribution in [1.29, 1.82) is 0 Å². The molecule has 6 heteroatoms. The molecular formula is C19H28N2O4. The molecule has 0 bridgehead atoms. The number of carboxylic acids is 1. The van der Waals surface area contributed by atoms with Gasteiger partial charge in [0.25, 0.3) is 5.91 Å². The molecule has 1 heterocycles. The van der Waals surface area contributed by atoms with Crippen LogP contribution < -0.4 is 4.74 Å². The van der Waals surface area contributed by atoms with Crippen molar-refractivity contribution in [1.82, 2.24) is 9.80 Å². The van der Waals surface area contributed by atoms with E-state index in [1.165, 1.54) is 5.56 Å². The van der Waals surface area contributed by atoms with E-state index in [1.807, 2.05) is 29.2 Å². The maximum atomic E-state index is 12.5. The first-order chi connectivity index (χ1) is 12.0. The second-order valence-electron chi connectivity index (χ2n) is 6.42. The molecule has 25 heavy (non-hydrogen) atoms. The minimum absolute atomic E-state index is 0.00440. The maximum Gasteiger partial charge on any atom is 0.303 e. The topological polar surface area (TPSA) is 70.1 Å². The molecule has 1 aromatic rings. The lowest BCUT2D eigenvalue weighted by molar-refractivity contribution is -0.139. The van der Waals surface area contributed by atoms with Gasteiger partial charge in [0.05, 0.1) is 0 Å². The Hall–Kier alpha value is -2.08. The number of carbonyl (C=O) groups is 2. The number of aryl methyl sites for hydroxylation is 1. The Morgan fingerprint density at radius 3 is 2.36 bits per heavy atom. The quantitative estimate of drug-likeness (QED) is 0.778. The minimum Gasteiger partial charge on any atom is -0.481 e. The average molecular weight is 348 g/mol. The molecule has 1 atom stereocenters. The van der Waals surface area contributed by atoms with E-state index >= 15 is 0 Å². The van der Waals surface area contributed by atoms with Crippen LogP contribution in [-0.4, -0.2) is 65.6 Å². The van der Waals surface area contributed by atoms with E-state index in [2.05, 4.69) is 11.8 Å². The molecule has 1 aliphatic rings. The van der Waals surface area contributed by atoms with Gasteiger partial charge in [0.2, 0.25) is 0 Å². The zero-order valence-electron chi connectivity index (χ0n) is 15.1. The van der Waals surface area contributed by atoms with Crippen LogP contribution in [0.3, 0.4) is 0 Å². The summed E-state index contributed by atoms with van der Waals surface area (Å²) in [5, 5.41) is 8.68. The number of carboxylic acid groups (broad SMARTS) is 1. The van der Waals surface area contributed by atoms with Crippen molar-refractivity contribution >= 4 is 11.9 Å². The number of piperazine rings is 1. The molecule has 6 nitrogen and oxygen atoms in total. The lowest BCUT2D eigenvalue weighted by Crippen LogP contribution is -2.52. The number of aliphatic carboxylic acids is 1. The van der Waals surface area contributed by atoms with Crippen LogP contribution in [0.2, 0.25) is 0 Å². The number of hydrogen-bond acceptors (Lipinski definition) is 4. The van der Waals surface area contributed by atoms with Crippen molar-refractivity contribution in [2.45, 2.75) is 39.2 Å². The fourth-order valence-electron chi connectivity index (χ4n) is 2.96. The molecule has 1 fully saturated rings. The number of amides is 1. The highest BCUT2D eigenvalue weighted by Crippen LogP contribution is 2.15. The number of carbonyl (C=O) groups excluding carboxylic acids is 1. The van der Waals surface area contributed by atoms with Crippen molar-refractivity contribution in [2.75, 3.05) is 32.7 Å². The molecule has 0 aromatic heterocycles. The minimum atomic E-state index is -0.758. The first-order valence-corrected chi connectivity index (χ1v) is 8.98. The Labute approximate surface area is 149 Å². The third-order valence-electron chi connectivity index (χ3n) is 4.54. The monoisotopic (exact) mass is 348 g/mol. The molecule has 1 aromatic carbocycles. The van der Waals surface area contributed by atoms with Crippen LogP contribution in [0.5, 0.6) is 5.75 Å². The summed E-state index contributed by atoms with van der Waals surface area (Å²) in [4.78, 5) is 27.1. The van der Waals surface area contributed by atoms with Crippen LogP contribution >= 0.6 is 0 Å².